The largest absolute Gasteiger partial charge is 0.357 e. The first kappa shape index (κ1) is 26.1. The second kappa shape index (κ2) is 11.9. The van der Waals surface area contributed by atoms with E-state index in [0.717, 1.165) is 62.0 Å². The molecule has 1 aliphatic carbocycles. The average molecular weight is 523 g/mol. The van der Waals surface area contributed by atoms with Gasteiger partial charge in [-0.25, -0.2) is 4.39 Å². The molecule has 0 spiro atoms. The Bertz CT molecular complexity index is 1490. The molecule has 0 atom stereocenters. The van der Waals surface area contributed by atoms with Crippen LogP contribution in [0.5, 0.6) is 0 Å². The number of carbonyl (C=O) groups is 1. The van der Waals surface area contributed by atoms with Gasteiger partial charge in [0.05, 0.1) is 12.2 Å². The zero-order chi connectivity index (χ0) is 27.2. The monoisotopic (exact) mass is 522 g/mol. The summed E-state index contributed by atoms with van der Waals surface area (Å²) in [5.74, 6) is -0.130. The molecular formula is C31H31FN6O. The summed E-state index contributed by atoms with van der Waals surface area (Å²) in [5, 5.41) is 13.3. The van der Waals surface area contributed by atoms with E-state index >= 15 is 0 Å². The number of anilines is 1. The van der Waals surface area contributed by atoms with E-state index in [-0.39, 0.29) is 24.0 Å². The van der Waals surface area contributed by atoms with Crippen molar-refractivity contribution < 1.29 is 9.18 Å². The standard InChI is InChI=1S/C31H31FN6O/c1-2-34-28-26(20-33)31(37-18-8-5-9-19-37)38(24-14-12-23(32)13-15-24)29(28)30(39)36-21-27-25-11-7-4-3-6-10-22(25)16-17-35-27/h2-4,6,10,12-17H,5,7-9,11,18-19,21H2,1H3,(H,36,39)/b4-3-,10-6-,34-2?. The zero-order valence-corrected chi connectivity index (χ0v) is 22.0. The Morgan fingerprint density at radius 1 is 1.18 bits per heavy atom. The van der Waals surface area contributed by atoms with Gasteiger partial charge in [-0.15, -0.1) is 0 Å². The van der Waals surface area contributed by atoms with E-state index in [0.29, 0.717) is 22.8 Å². The summed E-state index contributed by atoms with van der Waals surface area (Å²) in [7, 11) is 0. The van der Waals surface area contributed by atoms with E-state index in [9.17, 15) is 14.4 Å². The number of piperidine rings is 1. The maximum atomic E-state index is 14.0. The van der Waals surface area contributed by atoms with Crippen LogP contribution < -0.4 is 10.2 Å². The predicted octanol–water partition coefficient (Wildman–Crippen LogP) is 6.04. The van der Waals surface area contributed by atoms with Gasteiger partial charge in [0, 0.05) is 31.2 Å². The second-order valence-corrected chi connectivity index (χ2v) is 9.59. The minimum atomic E-state index is -0.376. The van der Waals surface area contributed by atoms with Crippen LogP contribution in [0, 0.1) is 17.1 Å². The van der Waals surface area contributed by atoms with Gasteiger partial charge in [-0.05, 0) is 80.5 Å². The summed E-state index contributed by atoms with van der Waals surface area (Å²) in [6.07, 6.45) is 16.4. The Balaban J connectivity index is 1.60. The molecule has 1 fully saturated rings. The zero-order valence-electron chi connectivity index (χ0n) is 22.0. The maximum absolute atomic E-state index is 14.0. The molecule has 1 saturated heterocycles. The van der Waals surface area contributed by atoms with Crippen molar-refractivity contribution >= 4 is 29.7 Å². The van der Waals surface area contributed by atoms with Gasteiger partial charge in [0.25, 0.3) is 5.91 Å². The predicted molar refractivity (Wildman–Crippen MR) is 152 cm³/mol. The number of nitrogens with zero attached hydrogens (tertiary/aromatic N) is 5. The van der Waals surface area contributed by atoms with Gasteiger partial charge in [0.2, 0.25) is 0 Å². The highest BCUT2D eigenvalue weighted by Crippen LogP contribution is 2.40. The highest BCUT2D eigenvalue weighted by atomic mass is 19.1. The van der Waals surface area contributed by atoms with Crippen molar-refractivity contribution in [3.8, 4) is 11.8 Å². The van der Waals surface area contributed by atoms with E-state index in [4.69, 9.17) is 0 Å². The topological polar surface area (TPSA) is 86.3 Å². The molecule has 2 aliphatic rings. The summed E-state index contributed by atoms with van der Waals surface area (Å²) in [6, 6.07) is 10.3. The molecule has 39 heavy (non-hydrogen) atoms. The number of pyridine rings is 1. The molecule has 8 heteroatoms. The highest BCUT2D eigenvalue weighted by molar-refractivity contribution is 6.02. The Labute approximate surface area is 228 Å². The lowest BCUT2D eigenvalue weighted by molar-refractivity contribution is 0.0944. The molecule has 7 nitrogen and oxygen atoms in total. The van der Waals surface area contributed by atoms with Crippen molar-refractivity contribution in [1.82, 2.24) is 14.9 Å². The molecular weight excluding hydrogens is 491 g/mol. The van der Waals surface area contributed by atoms with E-state index < -0.39 is 0 Å². The van der Waals surface area contributed by atoms with Crippen LogP contribution in [-0.2, 0) is 13.0 Å². The smallest absolute Gasteiger partial charge is 0.270 e. The lowest BCUT2D eigenvalue weighted by Crippen LogP contribution is -2.33. The summed E-state index contributed by atoms with van der Waals surface area (Å²) >= 11 is 0. The Morgan fingerprint density at radius 2 is 1.97 bits per heavy atom. The van der Waals surface area contributed by atoms with E-state index in [1.165, 1.54) is 12.1 Å². The van der Waals surface area contributed by atoms with Crippen molar-refractivity contribution in [2.45, 2.75) is 45.6 Å². The number of hydrogen-bond donors (Lipinski definition) is 1. The van der Waals surface area contributed by atoms with Crippen LogP contribution in [0.4, 0.5) is 15.9 Å². The first-order valence-corrected chi connectivity index (χ1v) is 13.4. The molecule has 5 rings (SSSR count). The molecule has 0 saturated carbocycles. The number of benzene rings is 1. The number of amides is 1. The first-order valence-electron chi connectivity index (χ1n) is 13.4. The fourth-order valence-corrected chi connectivity index (χ4v) is 5.32. The molecule has 0 unspecified atom stereocenters. The van der Waals surface area contributed by atoms with Gasteiger partial charge in [-0.1, -0.05) is 24.3 Å². The van der Waals surface area contributed by atoms with Crippen molar-refractivity contribution in [2.75, 3.05) is 18.0 Å². The lowest BCUT2D eigenvalue weighted by atomic mass is 9.99. The highest BCUT2D eigenvalue weighted by Gasteiger charge is 2.31. The minimum Gasteiger partial charge on any atom is -0.357 e. The second-order valence-electron chi connectivity index (χ2n) is 9.59. The van der Waals surface area contributed by atoms with Gasteiger partial charge in [-0.3, -0.25) is 19.3 Å². The minimum absolute atomic E-state index is 0.227. The number of nitrogens with one attached hydrogen (secondary N) is 1. The summed E-state index contributed by atoms with van der Waals surface area (Å²) in [6.45, 7) is 3.51. The third kappa shape index (κ3) is 5.39. The average Bonchev–Trinajstić information content (AvgIpc) is 3.27. The molecule has 0 radical (unpaired) electrons. The number of aromatic nitrogens is 2. The summed E-state index contributed by atoms with van der Waals surface area (Å²) in [5.41, 5.74) is 4.48. The molecule has 1 aromatic carbocycles. The fourth-order valence-electron chi connectivity index (χ4n) is 5.32. The van der Waals surface area contributed by atoms with E-state index in [1.54, 1.807) is 36.0 Å². The van der Waals surface area contributed by atoms with Crippen molar-refractivity contribution in [3.05, 3.63) is 88.7 Å². The normalized spacial score (nSPS) is 16.7. The van der Waals surface area contributed by atoms with Crippen LogP contribution in [0.25, 0.3) is 11.8 Å². The molecule has 1 aliphatic heterocycles. The van der Waals surface area contributed by atoms with Crippen LogP contribution >= 0.6 is 0 Å². The van der Waals surface area contributed by atoms with Crippen molar-refractivity contribution in [1.29, 1.82) is 5.26 Å². The van der Waals surface area contributed by atoms with Gasteiger partial charge < -0.3 is 10.2 Å². The Morgan fingerprint density at radius 3 is 2.72 bits per heavy atom. The van der Waals surface area contributed by atoms with Gasteiger partial charge in [0.15, 0.2) is 0 Å². The number of carbonyl (C=O) groups excluding carboxylic acids is 1. The van der Waals surface area contributed by atoms with E-state index in [2.05, 4.69) is 38.4 Å². The molecule has 3 heterocycles. The van der Waals surface area contributed by atoms with Crippen LogP contribution in [0.3, 0.4) is 0 Å². The Kier molecular flexibility index (Phi) is 7.97. The first-order chi connectivity index (χ1) is 19.1. The van der Waals surface area contributed by atoms with Crippen LogP contribution in [0.1, 0.15) is 65.5 Å². The molecule has 3 aromatic rings. The van der Waals surface area contributed by atoms with Gasteiger partial charge in [-0.2, -0.15) is 5.26 Å². The fraction of sp³-hybridized carbons (Fsp3) is 0.290. The maximum Gasteiger partial charge on any atom is 0.270 e. The number of nitriles is 1. The number of fused-ring (bicyclic) bond motifs is 1. The van der Waals surface area contributed by atoms with Crippen LogP contribution in [-0.4, -0.2) is 34.8 Å². The molecule has 198 valence electrons. The van der Waals surface area contributed by atoms with Gasteiger partial charge >= 0.3 is 0 Å². The summed E-state index contributed by atoms with van der Waals surface area (Å²) < 4.78 is 15.7. The SMILES string of the molecule is CC=Nc1c(C#N)c(N2CCCCC2)n(-c2ccc(F)cc2)c1C(=O)NCc1nccc2c1CC/C=C\C=C/2. The van der Waals surface area contributed by atoms with E-state index in [1.807, 2.05) is 18.2 Å². The number of allylic oxidation sites excluding steroid dienone is 3. The number of halogens is 1. The molecule has 2 aromatic heterocycles. The number of hydrogen-bond acceptors (Lipinski definition) is 5. The Hall–Kier alpha value is -4.51. The lowest BCUT2D eigenvalue weighted by Gasteiger charge is -2.30. The quantitative estimate of drug-likeness (QED) is 0.400. The number of aliphatic imine (C=N–C) groups is 1. The molecule has 1 amide bonds. The van der Waals surface area contributed by atoms with Crippen LogP contribution in [0.2, 0.25) is 0 Å². The third-order valence-corrected chi connectivity index (χ3v) is 7.13. The van der Waals surface area contributed by atoms with Crippen LogP contribution in [0.15, 0.2) is 59.7 Å². The molecule has 1 N–H and O–H groups in total. The third-order valence-electron chi connectivity index (χ3n) is 7.13. The van der Waals surface area contributed by atoms with Gasteiger partial charge in [0.1, 0.15) is 34.6 Å². The molecule has 0 bridgehead atoms. The summed E-state index contributed by atoms with van der Waals surface area (Å²) in [4.78, 5) is 25.2. The number of rotatable bonds is 6. The van der Waals surface area contributed by atoms with Crippen molar-refractivity contribution in [3.63, 3.8) is 0 Å². The van der Waals surface area contributed by atoms with Crippen molar-refractivity contribution in [2.24, 2.45) is 4.99 Å².